The van der Waals surface area contributed by atoms with Crippen molar-refractivity contribution < 1.29 is 33.4 Å². The summed E-state index contributed by atoms with van der Waals surface area (Å²) in [6, 6.07) is 15.3. The van der Waals surface area contributed by atoms with Crippen LogP contribution in [-0.2, 0) is 46.3 Å². The van der Waals surface area contributed by atoms with Crippen molar-refractivity contribution in [3.8, 4) is 0 Å². The van der Waals surface area contributed by atoms with Crippen LogP contribution in [0.25, 0.3) is 0 Å². The van der Waals surface area contributed by atoms with E-state index in [9.17, 15) is 24.0 Å². The first-order chi connectivity index (χ1) is 24.8. The van der Waals surface area contributed by atoms with Crippen LogP contribution in [0.1, 0.15) is 65.0 Å². The molecule has 52 heavy (non-hydrogen) atoms. The fourth-order valence-electron chi connectivity index (χ4n) is 6.33. The topological polar surface area (TPSA) is 158 Å². The number of ether oxygens (including phenoxy) is 2. The predicted molar refractivity (Wildman–Crippen MR) is 198 cm³/mol. The Hall–Kier alpha value is -4.13. The lowest BCUT2D eigenvalue weighted by Gasteiger charge is -2.29. The van der Waals surface area contributed by atoms with Gasteiger partial charge in [0, 0.05) is 19.5 Å². The van der Waals surface area contributed by atoms with Gasteiger partial charge in [0.25, 0.3) is 0 Å². The van der Waals surface area contributed by atoms with Gasteiger partial charge in [-0.15, -0.1) is 0 Å². The Morgan fingerprint density at radius 3 is 1.77 bits per heavy atom. The second-order valence-electron chi connectivity index (χ2n) is 15.0. The molecule has 12 nitrogen and oxygen atoms in total. The van der Waals surface area contributed by atoms with Gasteiger partial charge >= 0.3 is 0 Å². The monoisotopic (exact) mass is 719 g/mol. The molecule has 4 amide bonds. The minimum Gasteiger partial charge on any atom is -0.379 e. The Balaban J connectivity index is 1.51. The second kappa shape index (κ2) is 19.6. The average Bonchev–Trinajstić information content (AvgIpc) is 3.87. The molecule has 0 bridgehead atoms. The summed E-state index contributed by atoms with van der Waals surface area (Å²) in [7, 11) is 0. The number of nitrogens with one attached hydrogen (secondary N) is 4. The van der Waals surface area contributed by atoms with E-state index in [2.05, 4.69) is 21.3 Å². The summed E-state index contributed by atoms with van der Waals surface area (Å²) in [5, 5.41) is 11.7. The lowest BCUT2D eigenvalue weighted by atomic mass is 9.93. The summed E-state index contributed by atoms with van der Waals surface area (Å²) in [6.07, 6.45) is 1.76. The SMILES string of the molecule is CC(C)C[C@H](NC(=O)[C@H](CCc1ccccc1)NC(=O)CN1CCOCC1)C(=O)N[C@@H](Cc1ccccc1)C(=O)N[C@@H](CC(C)C)C(=O)[C@]1(C)CO1. The summed E-state index contributed by atoms with van der Waals surface area (Å²) in [5.41, 5.74) is 0.915. The third-order valence-corrected chi connectivity index (χ3v) is 9.38. The van der Waals surface area contributed by atoms with Crippen LogP contribution < -0.4 is 21.3 Å². The van der Waals surface area contributed by atoms with E-state index in [1.165, 1.54) is 0 Å². The normalized spacial score (nSPS) is 19.6. The van der Waals surface area contributed by atoms with Gasteiger partial charge in [0.2, 0.25) is 23.6 Å². The zero-order valence-corrected chi connectivity index (χ0v) is 31.3. The van der Waals surface area contributed by atoms with Crippen molar-refractivity contribution in [1.29, 1.82) is 0 Å². The number of rotatable bonds is 20. The maximum atomic E-state index is 14.1. The molecule has 0 unspecified atom stereocenters. The number of ketones is 1. The van der Waals surface area contributed by atoms with Gasteiger partial charge in [0.1, 0.15) is 23.7 Å². The van der Waals surface area contributed by atoms with Gasteiger partial charge in [-0.05, 0) is 55.6 Å². The van der Waals surface area contributed by atoms with E-state index in [1.54, 1.807) is 6.92 Å². The summed E-state index contributed by atoms with van der Waals surface area (Å²) >= 11 is 0. The summed E-state index contributed by atoms with van der Waals surface area (Å²) < 4.78 is 10.8. The van der Waals surface area contributed by atoms with Crippen molar-refractivity contribution in [1.82, 2.24) is 26.2 Å². The van der Waals surface area contributed by atoms with E-state index in [1.807, 2.05) is 93.3 Å². The molecular weight excluding hydrogens is 662 g/mol. The molecule has 0 aromatic heterocycles. The minimum absolute atomic E-state index is 0.0171. The molecule has 4 rings (SSSR count). The Morgan fingerprint density at radius 1 is 0.692 bits per heavy atom. The highest BCUT2D eigenvalue weighted by molar-refractivity contribution is 5.98. The number of Topliss-reactive ketones (excluding diaryl/α,β-unsaturated/α-hetero) is 1. The molecule has 2 aliphatic rings. The van der Waals surface area contributed by atoms with Crippen LogP contribution in [0.3, 0.4) is 0 Å². The number of carbonyl (C=O) groups excluding carboxylic acids is 5. The first-order valence-electron chi connectivity index (χ1n) is 18.6. The molecule has 0 saturated carbocycles. The maximum Gasteiger partial charge on any atom is 0.243 e. The molecule has 2 saturated heterocycles. The number of hydrogen-bond acceptors (Lipinski definition) is 8. The molecule has 2 fully saturated rings. The third-order valence-electron chi connectivity index (χ3n) is 9.38. The van der Waals surface area contributed by atoms with Gasteiger partial charge in [-0.3, -0.25) is 28.9 Å². The quantitative estimate of drug-likeness (QED) is 0.152. The van der Waals surface area contributed by atoms with Crippen LogP contribution in [0.15, 0.2) is 60.7 Å². The fourth-order valence-corrected chi connectivity index (χ4v) is 6.33. The number of hydrogen-bond donors (Lipinski definition) is 4. The fraction of sp³-hybridized carbons (Fsp3) is 0.575. The molecule has 2 heterocycles. The average molecular weight is 720 g/mol. The number of amides is 4. The van der Waals surface area contributed by atoms with Crippen LogP contribution in [-0.4, -0.2) is 104 Å². The van der Waals surface area contributed by atoms with Crippen molar-refractivity contribution in [3.63, 3.8) is 0 Å². The van der Waals surface area contributed by atoms with Crippen molar-refractivity contribution >= 4 is 29.4 Å². The molecule has 0 radical (unpaired) electrons. The maximum absolute atomic E-state index is 14.1. The minimum atomic E-state index is -1.03. The van der Waals surface area contributed by atoms with Crippen molar-refractivity contribution in [2.45, 2.75) is 96.5 Å². The molecule has 0 aliphatic carbocycles. The zero-order chi connectivity index (χ0) is 37.7. The van der Waals surface area contributed by atoms with Gasteiger partial charge in [-0.2, -0.15) is 0 Å². The Kier molecular flexibility index (Phi) is 15.3. The Labute approximate surface area is 308 Å². The second-order valence-corrected chi connectivity index (χ2v) is 15.0. The lowest BCUT2D eigenvalue weighted by Crippen LogP contribution is -2.59. The zero-order valence-electron chi connectivity index (χ0n) is 31.3. The van der Waals surface area contributed by atoms with Gasteiger partial charge in [-0.1, -0.05) is 88.4 Å². The highest BCUT2D eigenvalue weighted by Gasteiger charge is 2.50. The summed E-state index contributed by atoms with van der Waals surface area (Å²) in [6.45, 7) is 12.3. The van der Waals surface area contributed by atoms with E-state index in [4.69, 9.17) is 9.47 Å². The molecule has 284 valence electrons. The molecule has 5 atom stereocenters. The molecule has 4 N–H and O–H groups in total. The first-order valence-corrected chi connectivity index (χ1v) is 18.6. The van der Waals surface area contributed by atoms with Crippen LogP contribution in [0, 0.1) is 11.8 Å². The number of carbonyl (C=O) groups is 5. The molecule has 0 spiro atoms. The smallest absolute Gasteiger partial charge is 0.243 e. The van der Waals surface area contributed by atoms with Crippen LogP contribution in [0.4, 0.5) is 0 Å². The highest BCUT2D eigenvalue weighted by Crippen LogP contribution is 2.29. The number of benzene rings is 2. The van der Waals surface area contributed by atoms with Crippen LogP contribution in [0.2, 0.25) is 0 Å². The van der Waals surface area contributed by atoms with Crippen LogP contribution >= 0.6 is 0 Å². The molecule has 2 aliphatic heterocycles. The van der Waals surface area contributed by atoms with E-state index < -0.39 is 47.5 Å². The Morgan fingerprint density at radius 2 is 1.19 bits per heavy atom. The highest BCUT2D eigenvalue weighted by atomic mass is 16.6. The lowest BCUT2D eigenvalue weighted by molar-refractivity contribution is -0.135. The number of nitrogens with zero attached hydrogens (tertiary/aromatic N) is 1. The third kappa shape index (κ3) is 13.1. The van der Waals surface area contributed by atoms with Gasteiger partial charge < -0.3 is 30.7 Å². The summed E-state index contributed by atoms with van der Waals surface area (Å²) in [5.74, 6) is -1.83. The van der Waals surface area contributed by atoms with Crippen molar-refractivity contribution in [2.24, 2.45) is 11.8 Å². The predicted octanol–water partition coefficient (Wildman–Crippen LogP) is 2.58. The number of aryl methyl sites for hydroxylation is 1. The van der Waals surface area contributed by atoms with Gasteiger partial charge in [0.15, 0.2) is 5.78 Å². The molecule has 12 heteroatoms. The van der Waals surface area contributed by atoms with E-state index in [0.29, 0.717) is 58.6 Å². The van der Waals surface area contributed by atoms with Crippen LogP contribution in [0.5, 0.6) is 0 Å². The van der Waals surface area contributed by atoms with E-state index >= 15 is 0 Å². The number of morpholine rings is 1. The van der Waals surface area contributed by atoms with Crippen molar-refractivity contribution in [3.05, 3.63) is 71.8 Å². The standard InChI is InChI=1S/C40H57N5O7/c1-27(2)22-32(36(47)40(5)26-52-40)42-39(50)34(24-30-14-10-7-11-15-30)44-38(49)33(23-28(3)4)43-37(48)31(17-16-29-12-8-6-9-13-29)41-35(46)25-45-18-20-51-21-19-45/h6-15,27-28,31-34H,16-26H2,1-5H3,(H,41,46)(H,42,50)(H,43,48)(H,44,49)/t31-,32-,33-,34-,40-/m0/s1. The largest absolute Gasteiger partial charge is 0.379 e. The van der Waals surface area contributed by atoms with Gasteiger partial charge in [-0.25, -0.2) is 0 Å². The first kappa shape index (κ1) is 40.6. The van der Waals surface area contributed by atoms with Crippen molar-refractivity contribution in [2.75, 3.05) is 39.5 Å². The number of epoxide rings is 1. The van der Waals surface area contributed by atoms with Gasteiger partial charge in [0.05, 0.1) is 32.4 Å². The van der Waals surface area contributed by atoms with E-state index in [0.717, 1.165) is 11.1 Å². The molecule has 2 aromatic carbocycles. The summed E-state index contributed by atoms with van der Waals surface area (Å²) in [4.78, 5) is 70.5. The van der Waals surface area contributed by atoms with E-state index in [-0.39, 0.29) is 36.5 Å². The molecular formula is C40H57N5O7. The Bertz CT molecular complexity index is 1480. The molecule has 2 aromatic rings.